The van der Waals surface area contributed by atoms with Crippen LogP contribution in [0.1, 0.15) is 40.9 Å². The number of carbonyl (C=O) groups is 1. The average Bonchev–Trinajstić information content (AvgIpc) is 2.86. The number of rotatable bonds is 2. The van der Waals surface area contributed by atoms with Gasteiger partial charge in [-0.25, -0.2) is 14.1 Å². The van der Waals surface area contributed by atoms with Crippen molar-refractivity contribution in [2.75, 3.05) is 13.1 Å². The molecule has 0 N–H and O–H groups in total. The van der Waals surface area contributed by atoms with Gasteiger partial charge in [0.15, 0.2) is 0 Å². The molecule has 1 aromatic carbocycles. The van der Waals surface area contributed by atoms with E-state index in [0.29, 0.717) is 18.9 Å². The third-order valence-electron chi connectivity index (χ3n) is 4.11. The first-order valence-electron chi connectivity index (χ1n) is 7.60. The van der Waals surface area contributed by atoms with Gasteiger partial charge in [0, 0.05) is 13.1 Å². The average molecular weight is 337 g/mol. The third kappa shape index (κ3) is 3.08. The minimum Gasteiger partial charge on any atom is -0.336 e. The highest BCUT2D eigenvalue weighted by Crippen LogP contribution is 2.26. The van der Waals surface area contributed by atoms with E-state index in [1.807, 2.05) is 18.5 Å². The van der Waals surface area contributed by atoms with Gasteiger partial charge in [0.25, 0.3) is 5.91 Å². The first-order chi connectivity index (χ1) is 11.0. The molecule has 23 heavy (non-hydrogen) atoms. The number of nitrogens with zero attached hydrogens (tertiary/aromatic N) is 4. The number of carbonyl (C=O) groups excluding carboxylic acids is 1. The molecule has 0 saturated carbocycles. The Labute approximate surface area is 139 Å². The lowest BCUT2D eigenvalue weighted by molar-refractivity contribution is 0.0666. The number of hydrogen-bond donors (Lipinski definition) is 0. The molecule has 1 saturated heterocycles. The minimum absolute atomic E-state index is 0.0543. The zero-order chi connectivity index (χ0) is 16.6. The summed E-state index contributed by atoms with van der Waals surface area (Å²) >= 11 is 6.01. The number of benzene rings is 1. The van der Waals surface area contributed by atoms with E-state index >= 15 is 0 Å². The molecule has 1 atom stereocenters. The molecule has 2 aromatic rings. The van der Waals surface area contributed by atoms with E-state index in [9.17, 15) is 9.18 Å². The summed E-state index contributed by atoms with van der Waals surface area (Å²) in [6, 6.07) is 4.34. The van der Waals surface area contributed by atoms with Crippen molar-refractivity contribution in [2.24, 2.45) is 0 Å². The van der Waals surface area contributed by atoms with Crippen LogP contribution in [-0.2, 0) is 0 Å². The Balaban J connectivity index is 1.84. The van der Waals surface area contributed by atoms with Crippen LogP contribution >= 0.6 is 11.6 Å². The summed E-state index contributed by atoms with van der Waals surface area (Å²) in [5, 5.41) is 4.55. The summed E-state index contributed by atoms with van der Waals surface area (Å²) in [6.07, 6.45) is 1.75. The molecule has 1 amide bonds. The van der Waals surface area contributed by atoms with Gasteiger partial charge in [-0.05, 0) is 38.8 Å². The largest absolute Gasteiger partial charge is 0.336 e. The van der Waals surface area contributed by atoms with E-state index in [2.05, 4.69) is 10.1 Å². The maximum atomic E-state index is 14.0. The van der Waals surface area contributed by atoms with Gasteiger partial charge in [0.05, 0.1) is 16.6 Å². The summed E-state index contributed by atoms with van der Waals surface area (Å²) in [4.78, 5) is 18.6. The molecule has 1 aliphatic heterocycles. The van der Waals surface area contributed by atoms with Crippen molar-refractivity contribution >= 4 is 17.5 Å². The van der Waals surface area contributed by atoms with Gasteiger partial charge in [0.1, 0.15) is 17.5 Å². The fourth-order valence-corrected chi connectivity index (χ4v) is 3.32. The molecule has 1 aliphatic rings. The van der Waals surface area contributed by atoms with E-state index < -0.39 is 5.82 Å². The van der Waals surface area contributed by atoms with Crippen molar-refractivity contribution in [3.63, 3.8) is 0 Å². The summed E-state index contributed by atoms with van der Waals surface area (Å²) < 4.78 is 15.8. The molecule has 5 nitrogen and oxygen atoms in total. The molecule has 122 valence electrons. The number of aryl methyl sites for hydroxylation is 2. The van der Waals surface area contributed by atoms with Crippen molar-refractivity contribution < 1.29 is 9.18 Å². The van der Waals surface area contributed by atoms with Crippen molar-refractivity contribution in [2.45, 2.75) is 32.7 Å². The SMILES string of the molecule is Cc1nc(C)n(C2CCCN(C(=O)c3c(F)cccc3Cl)C2)n1. The molecule has 0 aliphatic carbocycles. The van der Waals surface area contributed by atoms with Crippen LogP contribution in [0.5, 0.6) is 0 Å². The summed E-state index contributed by atoms with van der Waals surface area (Å²) in [7, 11) is 0. The number of likely N-dealkylation sites (tertiary alicyclic amines) is 1. The molecular formula is C16H18ClFN4O. The topological polar surface area (TPSA) is 51.0 Å². The first-order valence-corrected chi connectivity index (χ1v) is 7.98. The maximum Gasteiger partial charge on any atom is 0.258 e. The van der Waals surface area contributed by atoms with Crippen LogP contribution in [0.25, 0.3) is 0 Å². The predicted molar refractivity (Wildman–Crippen MR) is 85.1 cm³/mol. The Morgan fingerprint density at radius 1 is 1.39 bits per heavy atom. The molecular weight excluding hydrogens is 319 g/mol. The Morgan fingerprint density at radius 2 is 2.17 bits per heavy atom. The van der Waals surface area contributed by atoms with E-state index in [1.54, 1.807) is 4.90 Å². The maximum absolute atomic E-state index is 14.0. The zero-order valence-electron chi connectivity index (χ0n) is 13.1. The normalized spacial score (nSPS) is 18.3. The molecule has 7 heteroatoms. The fraction of sp³-hybridized carbons (Fsp3) is 0.438. The highest BCUT2D eigenvalue weighted by Gasteiger charge is 2.29. The summed E-state index contributed by atoms with van der Waals surface area (Å²) in [5.74, 6) is 0.582. The second-order valence-electron chi connectivity index (χ2n) is 5.79. The van der Waals surface area contributed by atoms with Gasteiger partial charge in [-0.3, -0.25) is 4.79 Å². The lowest BCUT2D eigenvalue weighted by Gasteiger charge is -2.33. The van der Waals surface area contributed by atoms with Crippen molar-refractivity contribution in [1.82, 2.24) is 19.7 Å². The third-order valence-corrected chi connectivity index (χ3v) is 4.43. The molecule has 0 spiro atoms. The Kier molecular flexibility index (Phi) is 4.35. The van der Waals surface area contributed by atoms with Crippen LogP contribution in [0.3, 0.4) is 0 Å². The van der Waals surface area contributed by atoms with Crippen LogP contribution in [0.4, 0.5) is 4.39 Å². The Hall–Kier alpha value is -1.95. The smallest absolute Gasteiger partial charge is 0.258 e. The van der Waals surface area contributed by atoms with Crippen molar-refractivity contribution in [1.29, 1.82) is 0 Å². The van der Waals surface area contributed by atoms with Crippen molar-refractivity contribution in [3.05, 3.63) is 46.3 Å². The van der Waals surface area contributed by atoms with Gasteiger partial charge in [-0.15, -0.1) is 0 Å². The lowest BCUT2D eigenvalue weighted by atomic mass is 10.0. The molecule has 1 fully saturated rings. The van der Waals surface area contributed by atoms with Crippen LogP contribution in [0.2, 0.25) is 5.02 Å². The van der Waals surface area contributed by atoms with Gasteiger partial charge < -0.3 is 4.90 Å². The van der Waals surface area contributed by atoms with Gasteiger partial charge in [0.2, 0.25) is 0 Å². The summed E-state index contributed by atoms with van der Waals surface area (Å²) in [5.41, 5.74) is -0.0543. The second kappa shape index (κ2) is 6.28. The minimum atomic E-state index is -0.586. The Morgan fingerprint density at radius 3 is 2.83 bits per heavy atom. The molecule has 2 heterocycles. The number of halogens is 2. The van der Waals surface area contributed by atoms with Crippen LogP contribution in [0.15, 0.2) is 18.2 Å². The number of amides is 1. The highest BCUT2D eigenvalue weighted by atomic mass is 35.5. The molecule has 1 aromatic heterocycles. The van der Waals surface area contributed by atoms with Gasteiger partial charge in [-0.2, -0.15) is 5.10 Å². The standard InChI is InChI=1S/C16H18ClFN4O/c1-10-19-11(2)22(20-10)12-5-4-8-21(9-12)16(23)15-13(17)6-3-7-14(15)18/h3,6-7,12H,4-5,8-9H2,1-2H3. The fourth-order valence-electron chi connectivity index (χ4n) is 3.08. The molecule has 0 radical (unpaired) electrons. The predicted octanol–water partition coefficient (Wildman–Crippen LogP) is 3.16. The summed E-state index contributed by atoms with van der Waals surface area (Å²) in [6.45, 7) is 4.81. The van der Waals surface area contributed by atoms with E-state index in [-0.39, 0.29) is 22.5 Å². The number of piperidine rings is 1. The number of hydrogen-bond acceptors (Lipinski definition) is 3. The zero-order valence-corrected chi connectivity index (χ0v) is 13.8. The first kappa shape index (κ1) is 15.9. The van der Waals surface area contributed by atoms with Crippen LogP contribution < -0.4 is 0 Å². The van der Waals surface area contributed by atoms with Crippen LogP contribution in [-0.4, -0.2) is 38.7 Å². The van der Waals surface area contributed by atoms with Gasteiger partial charge >= 0.3 is 0 Å². The molecule has 3 rings (SSSR count). The van der Waals surface area contributed by atoms with Crippen molar-refractivity contribution in [3.8, 4) is 0 Å². The lowest BCUT2D eigenvalue weighted by Crippen LogP contribution is -2.41. The highest BCUT2D eigenvalue weighted by molar-refractivity contribution is 6.33. The van der Waals surface area contributed by atoms with E-state index in [4.69, 9.17) is 11.6 Å². The van der Waals surface area contributed by atoms with Gasteiger partial charge in [-0.1, -0.05) is 17.7 Å². The second-order valence-corrected chi connectivity index (χ2v) is 6.20. The molecule has 0 bridgehead atoms. The Bertz CT molecular complexity index is 725. The number of aromatic nitrogens is 3. The van der Waals surface area contributed by atoms with E-state index in [1.165, 1.54) is 18.2 Å². The molecule has 1 unspecified atom stereocenters. The van der Waals surface area contributed by atoms with E-state index in [0.717, 1.165) is 18.7 Å². The monoisotopic (exact) mass is 336 g/mol. The quantitative estimate of drug-likeness (QED) is 0.846. The van der Waals surface area contributed by atoms with Crippen LogP contribution in [0, 0.1) is 19.7 Å².